The summed E-state index contributed by atoms with van der Waals surface area (Å²) in [7, 11) is 0. The first-order chi connectivity index (χ1) is 11.3. The fourth-order valence-electron chi connectivity index (χ4n) is 2.89. The maximum Gasteiger partial charge on any atom is 0.119 e. The van der Waals surface area contributed by atoms with Crippen LogP contribution < -0.4 is 4.74 Å². The molecule has 1 aliphatic rings. The maximum absolute atomic E-state index is 5.78. The predicted molar refractivity (Wildman–Crippen MR) is 89.5 cm³/mol. The van der Waals surface area contributed by atoms with E-state index in [4.69, 9.17) is 9.47 Å². The zero-order valence-corrected chi connectivity index (χ0v) is 13.7. The number of hydrogen-bond acceptors (Lipinski definition) is 4. The highest BCUT2D eigenvalue weighted by Crippen LogP contribution is 2.17. The average molecular weight is 315 g/mol. The molecule has 0 aliphatic carbocycles. The zero-order chi connectivity index (χ0) is 15.9. The monoisotopic (exact) mass is 315 g/mol. The molecule has 124 valence electrons. The van der Waals surface area contributed by atoms with Gasteiger partial charge in [0.25, 0.3) is 0 Å². The fraction of sp³-hybridized carbons (Fsp3) is 0.500. The Kier molecular flexibility index (Phi) is 5.66. The molecule has 0 bridgehead atoms. The molecule has 0 amide bonds. The van der Waals surface area contributed by atoms with Crippen LogP contribution in [0.5, 0.6) is 5.75 Å². The molecule has 0 saturated carbocycles. The van der Waals surface area contributed by atoms with E-state index in [1.165, 1.54) is 5.56 Å². The molecule has 1 fully saturated rings. The van der Waals surface area contributed by atoms with E-state index in [-0.39, 0.29) is 0 Å². The Hall–Kier alpha value is -1.85. The second-order valence-electron chi connectivity index (χ2n) is 5.90. The van der Waals surface area contributed by atoms with Crippen LogP contribution in [-0.2, 0) is 17.8 Å². The van der Waals surface area contributed by atoms with Crippen molar-refractivity contribution in [1.82, 2.24) is 14.5 Å². The quantitative estimate of drug-likeness (QED) is 0.787. The van der Waals surface area contributed by atoms with E-state index in [1.807, 2.05) is 10.8 Å². The van der Waals surface area contributed by atoms with Crippen molar-refractivity contribution >= 4 is 0 Å². The van der Waals surface area contributed by atoms with Crippen LogP contribution in [0.1, 0.15) is 18.9 Å². The van der Waals surface area contributed by atoms with Crippen molar-refractivity contribution in [3.8, 4) is 5.75 Å². The topological polar surface area (TPSA) is 39.5 Å². The molecule has 1 saturated heterocycles. The van der Waals surface area contributed by atoms with E-state index in [1.54, 1.807) is 12.5 Å². The number of rotatable bonds is 7. The summed E-state index contributed by atoms with van der Waals surface area (Å²) in [6.45, 7) is 7.38. The smallest absolute Gasteiger partial charge is 0.119 e. The van der Waals surface area contributed by atoms with Gasteiger partial charge in [0.2, 0.25) is 0 Å². The highest BCUT2D eigenvalue weighted by atomic mass is 16.5. The lowest BCUT2D eigenvalue weighted by molar-refractivity contribution is -0.0127. The van der Waals surface area contributed by atoms with Gasteiger partial charge in [-0.15, -0.1) is 0 Å². The number of nitrogens with zero attached hydrogens (tertiary/aromatic N) is 3. The van der Waals surface area contributed by atoms with E-state index >= 15 is 0 Å². The van der Waals surface area contributed by atoms with Gasteiger partial charge in [0.1, 0.15) is 12.4 Å². The SMILES string of the molecule is CC[C@H]1COCCN1Cc1ccc(OCCn2ccnc2)cc1. The van der Waals surface area contributed by atoms with E-state index in [0.29, 0.717) is 12.6 Å². The van der Waals surface area contributed by atoms with Crippen molar-refractivity contribution < 1.29 is 9.47 Å². The van der Waals surface area contributed by atoms with Crippen molar-refractivity contribution in [2.24, 2.45) is 0 Å². The van der Waals surface area contributed by atoms with Gasteiger partial charge in [-0.3, -0.25) is 4.90 Å². The molecule has 2 aromatic rings. The summed E-state index contributed by atoms with van der Waals surface area (Å²) in [5.74, 6) is 0.919. The predicted octanol–water partition coefficient (Wildman–Crippen LogP) is 2.57. The molecule has 0 unspecified atom stereocenters. The number of hydrogen-bond donors (Lipinski definition) is 0. The average Bonchev–Trinajstić information content (AvgIpc) is 3.10. The minimum atomic E-state index is 0.537. The summed E-state index contributed by atoms with van der Waals surface area (Å²) in [6.07, 6.45) is 6.66. The van der Waals surface area contributed by atoms with Gasteiger partial charge in [-0.05, 0) is 24.1 Å². The molecule has 1 aliphatic heterocycles. The van der Waals surface area contributed by atoms with Gasteiger partial charge in [-0.2, -0.15) is 0 Å². The Bertz CT molecular complexity index is 568. The number of aromatic nitrogens is 2. The Morgan fingerprint density at radius 2 is 2.17 bits per heavy atom. The van der Waals surface area contributed by atoms with Crippen LogP contribution in [0.25, 0.3) is 0 Å². The minimum Gasteiger partial charge on any atom is -0.492 e. The van der Waals surface area contributed by atoms with Crippen LogP contribution in [0, 0.1) is 0 Å². The lowest BCUT2D eigenvalue weighted by Gasteiger charge is -2.35. The molecule has 23 heavy (non-hydrogen) atoms. The number of morpholine rings is 1. The van der Waals surface area contributed by atoms with E-state index < -0.39 is 0 Å². The Morgan fingerprint density at radius 1 is 1.30 bits per heavy atom. The lowest BCUT2D eigenvalue weighted by atomic mass is 10.1. The summed E-state index contributed by atoms with van der Waals surface area (Å²) in [4.78, 5) is 6.53. The number of benzene rings is 1. The van der Waals surface area contributed by atoms with Gasteiger partial charge >= 0.3 is 0 Å². The molecule has 5 heteroatoms. The Morgan fingerprint density at radius 3 is 2.91 bits per heavy atom. The standard InChI is InChI=1S/C18H25N3O2/c1-2-17-14-22-11-10-21(17)13-16-3-5-18(6-4-16)23-12-9-20-8-7-19-15-20/h3-8,15,17H,2,9-14H2,1H3/t17-/m0/s1. The normalized spacial score (nSPS) is 18.9. The summed E-state index contributed by atoms with van der Waals surface area (Å²) < 4.78 is 13.4. The molecule has 1 aromatic heterocycles. The lowest BCUT2D eigenvalue weighted by Crippen LogP contribution is -2.44. The van der Waals surface area contributed by atoms with Crippen molar-refractivity contribution in [3.63, 3.8) is 0 Å². The van der Waals surface area contributed by atoms with E-state index in [0.717, 1.165) is 45.0 Å². The summed E-state index contributed by atoms with van der Waals surface area (Å²) in [5.41, 5.74) is 1.33. The minimum absolute atomic E-state index is 0.537. The second-order valence-corrected chi connectivity index (χ2v) is 5.90. The van der Waals surface area contributed by atoms with Gasteiger partial charge < -0.3 is 14.0 Å². The van der Waals surface area contributed by atoms with Crippen LogP contribution in [0.2, 0.25) is 0 Å². The number of imidazole rings is 1. The van der Waals surface area contributed by atoms with Crippen molar-refractivity contribution in [2.45, 2.75) is 32.5 Å². The molecule has 0 N–H and O–H groups in total. The van der Waals surface area contributed by atoms with Gasteiger partial charge in [-0.1, -0.05) is 19.1 Å². The first-order valence-corrected chi connectivity index (χ1v) is 8.34. The van der Waals surface area contributed by atoms with Gasteiger partial charge in [0.05, 0.1) is 26.1 Å². The third kappa shape index (κ3) is 4.56. The van der Waals surface area contributed by atoms with Crippen LogP contribution in [-0.4, -0.2) is 46.9 Å². The van der Waals surface area contributed by atoms with E-state index in [9.17, 15) is 0 Å². The molecular weight excluding hydrogens is 290 g/mol. The van der Waals surface area contributed by atoms with Crippen molar-refractivity contribution in [2.75, 3.05) is 26.4 Å². The fourth-order valence-corrected chi connectivity index (χ4v) is 2.89. The first kappa shape index (κ1) is 16.0. The third-order valence-corrected chi connectivity index (χ3v) is 4.31. The largest absolute Gasteiger partial charge is 0.492 e. The molecule has 3 rings (SSSR count). The summed E-state index contributed by atoms with van der Waals surface area (Å²) >= 11 is 0. The molecule has 5 nitrogen and oxygen atoms in total. The van der Waals surface area contributed by atoms with Crippen molar-refractivity contribution in [1.29, 1.82) is 0 Å². The Labute approximate surface area is 137 Å². The van der Waals surface area contributed by atoms with Gasteiger partial charge in [-0.25, -0.2) is 4.98 Å². The highest BCUT2D eigenvalue weighted by Gasteiger charge is 2.21. The van der Waals surface area contributed by atoms with Crippen LogP contribution >= 0.6 is 0 Å². The van der Waals surface area contributed by atoms with Crippen LogP contribution in [0.3, 0.4) is 0 Å². The molecule has 1 atom stereocenters. The summed E-state index contributed by atoms with van der Waals surface area (Å²) in [6, 6.07) is 8.98. The first-order valence-electron chi connectivity index (χ1n) is 8.34. The van der Waals surface area contributed by atoms with Gasteiger partial charge in [0, 0.05) is 31.5 Å². The van der Waals surface area contributed by atoms with Gasteiger partial charge in [0.15, 0.2) is 0 Å². The van der Waals surface area contributed by atoms with Crippen LogP contribution in [0.15, 0.2) is 43.0 Å². The molecular formula is C18H25N3O2. The highest BCUT2D eigenvalue weighted by molar-refractivity contribution is 5.27. The zero-order valence-electron chi connectivity index (χ0n) is 13.7. The number of ether oxygens (including phenoxy) is 2. The van der Waals surface area contributed by atoms with E-state index in [2.05, 4.69) is 41.1 Å². The van der Waals surface area contributed by atoms with Crippen molar-refractivity contribution in [3.05, 3.63) is 48.5 Å². The molecule has 1 aromatic carbocycles. The summed E-state index contributed by atoms with van der Waals surface area (Å²) in [5, 5.41) is 0. The maximum atomic E-state index is 5.78. The Balaban J connectivity index is 1.48. The second kappa shape index (κ2) is 8.13. The molecule has 0 radical (unpaired) electrons. The third-order valence-electron chi connectivity index (χ3n) is 4.31. The van der Waals surface area contributed by atoms with Crippen LogP contribution in [0.4, 0.5) is 0 Å². The molecule has 0 spiro atoms. The molecule has 2 heterocycles.